The first kappa shape index (κ1) is 13.2. The van der Waals surface area contributed by atoms with Crippen LogP contribution in [0.5, 0.6) is 5.75 Å². The third kappa shape index (κ3) is 2.70. The molecule has 0 heterocycles. The van der Waals surface area contributed by atoms with Gasteiger partial charge in [-0.3, -0.25) is 0 Å². The summed E-state index contributed by atoms with van der Waals surface area (Å²) in [4.78, 5) is 0. The molecule has 0 spiro atoms. The summed E-state index contributed by atoms with van der Waals surface area (Å²) in [7, 11) is 0. The number of hydrogen-bond donors (Lipinski definition) is 1. The van der Waals surface area contributed by atoms with Crippen molar-refractivity contribution >= 4 is 0 Å². The standard InChI is InChI=1S/C18H21NO/c1-2-13-3-5-14(6-4-13)12-20-16-8-9-17-15(11-16)7-10-18(17)19/h3-6,8-9,11,18H,2,7,10,12,19H2,1H3/t18-/m1/s1. The lowest BCUT2D eigenvalue weighted by molar-refractivity contribution is 0.306. The first-order chi connectivity index (χ1) is 9.76. The fourth-order valence-corrected chi connectivity index (χ4v) is 2.75. The van der Waals surface area contributed by atoms with Crippen LogP contribution in [0.3, 0.4) is 0 Å². The molecule has 1 atom stereocenters. The van der Waals surface area contributed by atoms with Gasteiger partial charge in [-0.15, -0.1) is 0 Å². The Kier molecular flexibility index (Phi) is 3.75. The molecule has 1 aliphatic rings. The molecule has 0 bridgehead atoms. The molecular formula is C18H21NO. The van der Waals surface area contributed by atoms with Crippen molar-refractivity contribution in [2.75, 3.05) is 0 Å². The molecular weight excluding hydrogens is 246 g/mol. The van der Waals surface area contributed by atoms with Crippen molar-refractivity contribution in [1.82, 2.24) is 0 Å². The van der Waals surface area contributed by atoms with Gasteiger partial charge < -0.3 is 10.5 Å². The maximum Gasteiger partial charge on any atom is 0.120 e. The second kappa shape index (κ2) is 5.68. The highest BCUT2D eigenvalue weighted by atomic mass is 16.5. The van der Waals surface area contributed by atoms with Crippen LogP contribution in [-0.4, -0.2) is 0 Å². The molecule has 2 heteroatoms. The summed E-state index contributed by atoms with van der Waals surface area (Å²) >= 11 is 0. The summed E-state index contributed by atoms with van der Waals surface area (Å²) in [6, 6.07) is 15.1. The minimum Gasteiger partial charge on any atom is -0.489 e. The maximum atomic E-state index is 6.05. The molecule has 0 amide bonds. The number of fused-ring (bicyclic) bond motifs is 1. The Morgan fingerprint density at radius 1 is 1.10 bits per heavy atom. The van der Waals surface area contributed by atoms with E-state index in [-0.39, 0.29) is 6.04 Å². The second-order valence-corrected chi connectivity index (χ2v) is 5.46. The van der Waals surface area contributed by atoms with Crippen molar-refractivity contribution in [3.63, 3.8) is 0 Å². The fourth-order valence-electron chi connectivity index (χ4n) is 2.75. The van der Waals surface area contributed by atoms with Gasteiger partial charge in [0.25, 0.3) is 0 Å². The summed E-state index contributed by atoms with van der Waals surface area (Å²) in [5.74, 6) is 0.942. The van der Waals surface area contributed by atoms with Crippen LogP contribution in [0.1, 0.15) is 41.6 Å². The Morgan fingerprint density at radius 3 is 2.60 bits per heavy atom. The molecule has 2 N–H and O–H groups in total. The van der Waals surface area contributed by atoms with Crippen molar-refractivity contribution in [2.24, 2.45) is 5.73 Å². The summed E-state index contributed by atoms with van der Waals surface area (Å²) in [6.45, 7) is 2.79. The molecule has 2 aromatic rings. The Morgan fingerprint density at radius 2 is 1.85 bits per heavy atom. The summed E-state index contributed by atoms with van der Waals surface area (Å²) in [5, 5.41) is 0. The lowest BCUT2D eigenvalue weighted by atomic mass is 10.1. The third-order valence-corrected chi connectivity index (χ3v) is 4.08. The third-order valence-electron chi connectivity index (χ3n) is 4.08. The molecule has 0 radical (unpaired) electrons. The van der Waals surface area contributed by atoms with E-state index in [1.165, 1.54) is 22.3 Å². The van der Waals surface area contributed by atoms with E-state index in [9.17, 15) is 0 Å². The van der Waals surface area contributed by atoms with Gasteiger partial charge in [-0.25, -0.2) is 0 Å². The Hall–Kier alpha value is -1.80. The van der Waals surface area contributed by atoms with Crippen LogP contribution in [0.4, 0.5) is 0 Å². The zero-order chi connectivity index (χ0) is 13.9. The molecule has 1 aliphatic carbocycles. The van der Waals surface area contributed by atoms with Gasteiger partial charge in [0, 0.05) is 6.04 Å². The highest BCUT2D eigenvalue weighted by molar-refractivity contribution is 5.40. The predicted octanol–water partition coefficient (Wildman–Crippen LogP) is 3.77. The van der Waals surface area contributed by atoms with Crippen molar-refractivity contribution in [1.29, 1.82) is 0 Å². The monoisotopic (exact) mass is 267 g/mol. The molecule has 2 aromatic carbocycles. The first-order valence-electron chi connectivity index (χ1n) is 7.35. The van der Waals surface area contributed by atoms with Gasteiger partial charge in [-0.05, 0) is 53.6 Å². The van der Waals surface area contributed by atoms with Gasteiger partial charge in [-0.1, -0.05) is 37.3 Å². The quantitative estimate of drug-likeness (QED) is 0.915. The molecule has 0 saturated carbocycles. The molecule has 0 aromatic heterocycles. The van der Waals surface area contributed by atoms with Crippen molar-refractivity contribution in [2.45, 2.75) is 38.8 Å². The van der Waals surface area contributed by atoms with E-state index in [0.29, 0.717) is 6.61 Å². The summed E-state index contributed by atoms with van der Waals surface area (Å²) in [5.41, 5.74) is 11.2. The number of aryl methyl sites for hydroxylation is 2. The van der Waals surface area contributed by atoms with Crippen LogP contribution < -0.4 is 10.5 Å². The first-order valence-corrected chi connectivity index (χ1v) is 7.35. The maximum absolute atomic E-state index is 6.05. The van der Waals surface area contributed by atoms with Crippen LogP contribution in [0.15, 0.2) is 42.5 Å². The highest BCUT2D eigenvalue weighted by Crippen LogP contribution is 2.32. The molecule has 2 nitrogen and oxygen atoms in total. The van der Waals surface area contributed by atoms with Crippen molar-refractivity contribution in [3.8, 4) is 5.75 Å². The van der Waals surface area contributed by atoms with Crippen LogP contribution in [0.25, 0.3) is 0 Å². The number of hydrogen-bond acceptors (Lipinski definition) is 2. The van der Waals surface area contributed by atoms with E-state index in [4.69, 9.17) is 10.5 Å². The molecule has 0 saturated heterocycles. The smallest absolute Gasteiger partial charge is 0.120 e. The van der Waals surface area contributed by atoms with Gasteiger partial charge in [-0.2, -0.15) is 0 Å². The number of nitrogens with two attached hydrogens (primary N) is 1. The van der Waals surface area contributed by atoms with Crippen LogP contribution in [0, 0.1) is 0 Å². The lowest BCUT2D eigenvalue weighted by Gasteiger charge is -2.10. The summed E-state index contributed by atoms with van der Waals surface area (Å²) < 4.78 is 5.89. The molecule has 20 heavy (non-hydrogen) atoms. The minimum absolute atomic E-state index is 0.209. The highest BCUT2D eigenvalue weighted by Gasteiger charge is 2.18. The van der Waals surface area contributed by atoms with Crippen LogP contribution in [-0.2, 0) is 19.4 Å². The Labute approximate surface area is 120 Å². The Bertz CT molecular complexity index is 589. The number of benzene rings is 2. The molecule has 3 rings (SSSR count). The molecule has 104 valence electrons. The summed E-state index contributed by atoms with van der Waals surface area (Å²) in [6.07, 6.45) is 3.20. The SMILES string of the molecule is CCc1ccc(COc2ccc3c(c2)CC[C@H]3N)cc1. The van der Waals surface area contributed by atoms with E-state index in [2.05, 4.69) is 43.3 Å². The van der Waals surface area contributed by atoms with E-state index >= 15 is 0 Å². The molecule has 0 aliphatic heterocycles. The molecule has 0 fully saturated rings. The van der Waals surface area contributed by atoms with Gasteiger partial charge in [0.05, 0.1) is 0 Å². The number of ether oxygens (including phenoxy) is 1. The topological polar surface area (TPSA) is 35.2 Å². The normalized spacial score (nSPS) is 17.0. The van der Waals surface area contributed by atoms with E-state index in [0.717, 1.165) is 25.0 Å². The zero-order valence-electron chi connectivity index (χ0n) is 11.9. The van der Waals surface area contributed by atoms with Crippen molar-refractivity contribution in [3.05, 3.63) is 64.7 Å². The van der Waals surface area contributed by atoms with Gasteiger partial charge in [0.15, 0.2) is 0 Å². The van der Waals surface area contributed by atoms with E-state index < -0.39 is 0 Å². The van der Waals surface area contributed by atoms with Gasteiger partial charge in [0.1, 0.15) is 12.4 Å². The van der Waals surface area contributed by atoms with Crippen LogP contribution >= 0.6 is 0 Å². The molecule has 0 unspecified atom stereocenters. The van der Waals surface area contributed by atoms with E-state index in [1.54, 1.807) is 0 Å². The second-order valence-electron chi connectivity index (χ2n) is 5.46. The lowest BCUT2D eigenvalue weighted by Crippen LogP contribution is -2.05. The predicted molar refractivity (Wildman–Crippen MR) is 81.8 cm³/mol. The Balaban J connectivity index is 1.66. The van der Waals surface area contributed by atoms with E-state index in [1.807, 2.05) is 6.07 Å². The average molecular weight is 267 g/mol. The zero-order valence-corrected chi connectivity index (χ0v) is 11.9. The largest absolute Gasteiger partial charge is 0.489 e. The van der Waals surface area contributed by atoms with Gasteiger partial charge >= 0.3 is 0 Å². The minimum atomic E-state index is 0.209. The fraction of sp³-hybridized carbons (Fsp3) is 0.333. The average Bonchev–Trinajstić information content (AvgIpc) is 2.87. The number of rotatable bonds is 4. The van der Waals surface area contributed by atoms with Crippen molar-refractivity contribution < 1.29 is 4.74 Å². The van der Waals surface area contributed by atoms with Crippen LogP contribution in [0.2, 0.25) is 0 Å². The van der Waals surface area contributed by atoms with Gasteiger partial charge in [0.2, 0.25) is 0 Å².